The van der Waals surface area contributed by atoms with Crippen molar-refractivity contribution in [2.75, 3.05) is 19.0 Å². The topological polar surface area (TPSA) is 83.1 Å². The lowest BCUT2D eigenvalue weighted by molar-refractivity contribution is -0.142. The van der Waals surface area contributed by atoms with E-state index in [0.717, 1.165) is 31.2 Å². The molecular formula is C24H25NO6. The van der Waals surface area contributed by atoms with E-state index in [1.807, 2.05) is 18.2 Å². The molecule has 0 atom stereocenters. The van der Waals surface area contributed by atoms with Gasteiger partial charge >= 0.3 is 5.97 Å². The molecule has 2 aliphatic rings. The lowest BCUT2D eigenvalue weighted by Gasteiger charge is -2.31. The number of carbonyl (C=O) groups excluding carboxylic acids is 2. The molecule has 1 fully saturated rings. The Bertz CT molecular complexity index is 993. The maximum atomic E-state index is 12.2. The summed E-state index contributed by atoms with van der Waals surface area (Å²) in [6.07, 6.45) is 7.95. The summed E-state index contributed by atoms with van der Waals surface area (Å²) >= 11 is 0. The van der Waals surface area contributed by atoms with Crippen molar-refractivity contribution in [3.63, 3.8) is 0 Å². The molecule has 1 aliphatic carbocycles. The molecule has 1 heterocycles. The molecule has 0 radical (unpaired) electrons. The summed E-state index contributed by atoms with van der Waals surface area (Å²) in [4.78, 5) is 24.1. The summed E-state index contributed by atoms with van der Waals surface area (Å²) < 4.78 is 22.3. The van der Waals surface area contributed by atoms with Crippen LogP contribution in [0.15, 0.2) is 48.5 Å². The molecule has 2 aromatic carbocycles. The molecule has 4 rings (SSSR count). The number of amides is 1. The van der Waals surface area contributed by atoms with Crippen LogP contribution in [-0.2, 0) is 14.3 Å². The van der Waals surface area contributed by atoms with Crippen LogP contribution in [0.2, 0.25) is 0 Å². The smallest absolute Gasteiger partial charge is 0.331 e. The third-order valence-corrected chi connectivity index (χ3v) is 5.29. The number of ether oxygens (including phenoxy) is 4. The highest BCUT2D eigenvalue weighted by Gasteiger charge is 2.42. The van der Waals surface area contributed by atoms with Crippen LogP contribution >= 0.6 is 0 Å². The van der Waals surface area contributed by atoms with E-state index in [0.29, 0.717) is 22.9 Å². The van der Waals surface area contributed by atoms with Crippen LogP contribution in [-0.4, -0.2) is 31.4 Å². The third kappa shape index (κ3) is 5.17. The molecule has 162 valence electrons. The van der Waals surface area contributed by atoms with Gasteiger partial charge in [0.05, 0.1) is 7.11 Å². The first kappa shape index (κ1) is 20.8. The van der Waals surface area contributed by atoms with E-state index >= 15 is 0 Å². The molecule has 1 spiro atoms. The Morgan fingerprint density at radius 3 is 2.68 bits per heavy atom. The predicted octanol–water partition coefficient (Wildman–Crippen LogP) is 4.32. The number of nitrogens with one attached hydrogen (secondary N) is 1. The van der Waals surface area contributed by atoms with Gasteiger partial charge in [-0.15, -0.1) is 0 Å². The zero-order chi connectivity index (χ0) is 21.7. The van der Waals surface area contributed by atoms with Gasteiger partial charge in [-0.2, -0.15) is 0 Å². The minimum absolute atomic E-state index is 0.389. The Morgan fingerprint density at radius 1 is 1.06 bits per heavy atom. The summed E-state index contributed by atoms with van der Waals surface area (Å²) in [5.41, 5.74) is 1.35. The number of methoxy groups -OCH3 is 1. The van der Waals surface area contributed by atoms with Crippen LogP contribution in [0.4, 0.5) is 5.69 Å². The molecular weight excluding hydrogens is 398 g/mol. The van der Waals surface area contributed by atoms with Gasteiger partial charge in [-0.25, -0.2) is 4.79 Å². The van der Waals surface area contributed by atoms with Gasteiger partial charge in [-0.05, 0) is 48.7 Å². The van der Waals surface area contributed by atoms with Gasteiger partial charge in [-0.1, -0.05) is 18.6 Å². The van der Waals surface area contributed by atoms with Crippen LogP contribution in [0.25, 0.3) is 6.08 Å². The summed E-state index contributed by atoms with van der Waals surface area (Å²) in [6.45, 7) is -0.389. The molecule has 1 aliphatic heterocycles. The number of rotatable bonds is 6. The molecule has 2 aromatic rings. The van der Waals surface area contributed by atoms with E-state index in [9.17, 15) is 9.59 Å². The molecule has 1 amide bonds. The van der Waals surface area contributed by atoms with Gasteiger partial charge < -0.3 is 24.3 Å². The van der Waals surface area contributed by atoms with Crippen LogP contribution in [0.3, 0.4) is 0 Å². The Balaban J connectivity index is 1.27. The highest BCUT2D eigenvalue weighted by atomic mass is 16.7. The monoisotopic (exact) mass is 423 g/mol. The number of carbonyl (C=O) groups is 2. The highest BCUT2D eigenvalue weighted by Crippen LogP contribution is 2.46. The lowest BCUT2D eigenvalue weighted by Crippen LogP contribution is -2.40. The first-order valence-electron chi connectivity index (χ1n) is 10.4. The molecule has 7 nitrogen and oxygen atoms in total. The van der Waals surface area contributed by atoms with E-state index in [-0.39, 0.29) is 6.61 Å². The fraction of sp³-hybridized carbons (Fsp3) is 0.333. The van der Waals surface area contributed by atoms with E-state index in [1.54, 1.807) is 37.5 Å². The van der Waals surface area contributed by atoms with Crippen molar-refractivity contribution in [3.05, 3.63) is 54.1 Å². The van der Waals surface area contributed by atoms with Crippen molar-refractivity contribution < 1.29 is 28.5 Å². The second kappa shape index (κ2) is 9.12. The van der Waals surface area contributed by atoms with Crippen LogP contribution < -0.4 is 19.5 Å². The molecule has 7 heteroatoms. The summed E-state index contributed by atoms with van der Waals surface area (Å²) in [7, 11) is 1.57. The molecule has 0 saturated heterocycles. The normalized spacial score (nSPS) is 16.3. The fourth-order valence-corrected chi connectivity index (χ4v) is 3.76. The summed E-state index contributed by atoms with van der Waals surface area (Å²) in [6, 6.07) is 12.5. The number of hydrogen-bond acceptors (Lipinski definition) is 6. The number of esters is 1. The Labute approximate surface area is 180 Å². The minimum atomic E-state index is -0.608. The van der Waals surface area contributed by atoms with E-state index < -0.39 is 17.7 Å². The fourth-order valence-electron chi connectivity index (χ4n) is 3.76. The van der Waals surface area contributed by atoms with Crippen LogP contribution in [0, 0.1) is 0 Å². The maximum absolute atomic E-state index is 12.2. The lowest BCUT2D eigenvalue weighted by atomic mass is 9.94. The average molecular weight is 423 g/mol. The standard InChI is InChI=1S/C24H25NO6/c1-28-19-7-5-6-17(14-19)8-11-23(27)29-16-22(26)25-18-9-10-20-21(15-18)31-24(30-20)12-3-2-4-13-24/h5-11,14-15H,2-4,12-13,16H2,1H3,(H,25,26)/b11-8+. The van der Waals surface area contributed by atoms with Gasteiger partial charge in [0.15, 0.2) is 18.1 Å². The molecule has 0 unspecified atom stereocenters. The minimum Gasteiger partial charge on any atom is -0.497 e. The zero-order valence-electron chi connectivity index (χ0n) is 17.4. The molecule has 1 N–H and O–H groups in total. The largest absolute Gasteiger partial charge is 0.497 e. The quantitative estimate of drug-likeness (QED) is 0.550. The molecule has 31 heavy (non-hydrogen) atoms. The van der Waals surface area contributed by atoms with Gasteiger partial charge in [0.1, 0.15) is 5.75 Å². The zero-order valence-corrected chi connectivity index (χ0v) is 17.4. The van der Waals surface area contributed by atoms with E-state index in [1.165, 1.54) is 12.5 Å². The van der Waals surface area contributed by atoms with Gasteiger partial charge in [0.2, 0.25) is 0 Å². The summed E-state index contributed by atoms with van der Waals surface area (Å²) in [5.74, 6) is 0.394. The van der Waals surface area contributed by atoms with Crippen molar-refractivity contribution in [1.29, 1.82) is 0 Å². The first-order chi connectivity index (χ1) is 15.0. The second-order valence-electron chi connectivity index (χ2n) is 7.60. The highest BCUT2D eigenvalue weighted by molar-refractivity contribution is 5.94. The van der Waals surface area contributed by atoms with Crippen molar-refractivity contribution >= 4 is 23.6 Å². The van der Waals surface area contributed by atoms with Crippen molar-refractivity contribution in [2.24, 2.45) is 0 Å². The Hall–Kier alpha value is -3.48. The summed E-state index contributed by atoms with van der Waals surface area (Å²) in [5, 5.41) is 2.71. The third-order valence-electron chi connectivity index (χ3n) is 5.29. The van der Waals surface area contributed by atoms with E-state index in [2.05, 4.69) is 5.32 Å². The Kier molecular flexibility index (Phi) is 6.11. The number of benzene rings is 2. The SMILES string of the molecule is COc1cccc(/C=C/C(=O)OCC(=O)Nc2ccc3c(c2)OC2(CCCCC2)O3)c1. The molecule has 0 bridgehead atoms. The number of fused-ring (bicyclic) bond motifs is 1. The van der Waals surface area contributed by atoms with Crippen LogP contribution in [0.1, 0.15) is 37.7 Å². The molecule has 0 aromatic heterocycles. The second-order valence-corrected chi connectivity index (χ2v) is 7.60. The molecule has 1 saturated carbocycles. The Morgan fingerprint density at radius 2 is 1.87 bits per heavy atom. The average Bonchev–Trinajstić information content (AvgIpc) is 3.13. The first-order valence-corrected chi connectivity index (χ1v) is 10.4. The van der Waals surface area contributed by atoms with Gasteiger partial charge in [0, 0.05) is 30.7 Å². The predicted molar refractivity (Wildman–Crippen MR) is 115 cm³/mol. The van der Waals surface area contributed by atoms with Crippen molar-refractivity contribution in [2.45, 2.75) is 37.9 Å². The maximum Gasteiger partial charge on any atom is 0.331 e. The number of hydrogen-bond donors (Lipinski definition) is 1. The van der Waals surface area contributed by atoms with Crippen LogP contribution in [0.5, 0.6) is 17.2 Å². The number of anilines is 1. The van der Waals surface area contributed by atoms with Gasteiger partial charge in [0.25, 0.3) is 11.7 Å². The van der Waals surface area contributed by atoms with Crippen molar-refractivity contribution in [3.8, 4) is 17.2 Å². The van der Waals surface area contributed by atoms with Gasteiger partial charge in [-0.3, -0.25) is 4.79 Å². The van der Waals surface area contributed by atoms with E-state index in [4.69, 9.17) is 18.9 Å². The van der Waals surface area contributed by atoms with Crippen molar-refractivity contribution in [1.82, 2.24) is 0 Å².